The third-order valence-electron chi connectivity index (χ3n) is 5.51. The summed E-state index contributed by atoms with van der Waals surface area (Å²) < 4.78 is 50.9. The molecule has 4 rings (SSSR count). The van der Waals surface area contributed by atoms with Crippen LogP contribution < -0.4 is 14.8 Å². The summed E-state index contributed by atoms with van der Waals surface area (Å²) in [6.07, 6.45) is -2.71. The van der Waals surface area contributed by atoms with Gasteiger partial charge in [-0.1, -0.05) is 12.1 Å². The molecular formula is C23H23F3N2O4. The lowest BCUT2D eigenvalue weighted by Crippen LogP contribution is -2.38. The monoisotopic (exact) mass is 448 g/mol. The lowest BCUT2D eigenvalue weighted by molar-refractivity contribution is -0.137. The van der Waals surface area contributed by atoms with Crippen molar-refractivity contribution >= 4 is 11.8 Å². The molecule has 1 fully saturated rings. The topological polar surface area (TPSA) is 67.9 Å². The van der Waals surface area contributed by atoms with Crippen LogP contribution in [0.1, 0.15) is 46.8 Å². The van der Waals surface area contributed by atoms with Crippen LogP contribution in [0.3, 0.4) is 0 Å². The fourth-order valence-electron chi connectivity index (χ4n) is 3.83. The van der Waals surface area contributed by atoms with Gasteiger partial charge in [0.05, 0.1) is 24.8 Å². The molecule has 32 heavy (non-hydrogen) atoms. The first-order valence-corrected chi connectivity index (χ1v) is 10.5. The molecule has 6 nitrogen and oxygen atoms in total. The van der Waals surface area contributed by atoms with E-state index in [-0.39, 0.29) is 18.0 Å². The van der Waals surface area contributed by atoms with Gasteiger partial charge in [0.2, 0.25) is 5.91 Å². The Morgan fingerprint density at radius 3 is 2.56 bits per heavy atom. The van der Waals surface area contributed by atoms with Gasteiger partial charge in [0.25, 0.3) is 5.91 Å². The normalized spacial score (nSPS) is 17.1. The second-order valence-corrected chi connectivity index (χ2v) is 7.80. The lowest BCUT2D eigenvalue weighted by Gasteiger charge is -2.26. The van der Waals surface area contributed by atoms with Gasteiger partial charge in [0.15, 0.2) is 11.5 Å². The van der Waals surface area contributed by atoms with Gasteiger partial charge in [0, 0.05) is 31.5 Å². The predicted octanol–water partition coefficient (Wildman–Crippen LogP) is 3.96. The second-order valence-electron chi connectivity index (χ2n) is 7.80. The first kappa shape index (κ1) is 22.0. The van der Waals surface area contributed by atoms with E-state index in [0.717, 1.165) is 18.6 Å². The molecule has 0 aliphatic carbocycles. The zero-order chi connectivity index (χ0) is 22.7. The van der Waals surface area contributed by atoms with E-state index in [1.54, 1.807) is 23.1 Å². The SMILES string of the molecule is O=C(N[C@@H](CN1CCCC1=O)c1cccc(C(F)(F)F)c1)c1ccc2c(c1)OCCCO2. The van der Waals surface area contributed by atoms with E-state index in [4.69, 9.17) is 9.47 Å². The van der Waals surface area contributed by atoms with Crippen molar-refractivity contribution in [2.75, 3.05) is 26.3 Å². The van der Waals surface area contributed by atoms with Crippen molar-refractivity contribution in [1.82, 2.24) is 10.2 Å². The largest absolute Gasteiger partial charge is 0.490 e. The number of nitrogens with zero attached hydrogens (tertiary/aromatic N) is 1. The molecule has 0 aromatic heterocycles. The quantitative estimate of drug-likeness (QED) is 0.752. The van der Waals surface area contributed by atoms with Crippen LogP contribution in [0.2, 0.25) is 0 Å². The molecule has 2 amide bonds. The highest BCUT2D eigenvalue weighted by atomic mass is 19.4. The van der Waals surface area contributed by atoms with Crippen molar-refractivity contribution in [3.63, 3.8) is 0 Å². The van der Waals surface area contributed by atoms with Gasteiger partial charge in [-0.2, -0.15) is 13.2 Å². The van der Waals surface area contributed by atoms with E-state index in [2.05, 4.69) is 5.32 Å². The molecule has 9 heteroatoms. The van der Waals surface area contributed by atoms with Crippen molar-refractivity contribution in [3.05, 3.63) is 59.2 Å². The maximum Gasteiger partial charge on any atom is 0.416 e. The highest BCUT2D eigenvalue weighted by Crippen LogP contribution is 2.32. The summed E-state index contributed by atoms with van der Waals surface area (Å²) in [4.78, 5) is 26.7. The summed E-state index contributed by atoms with van der Waals surface area (Å²) in [7, 11) is 0. The van der Waals surface area contributed by atoms with Crippen molar-refractivity contribution in [2.24, 2.45) is 0 Å². The number of halogens is 3. The second kappa shape index (κ2) is 9.10. The molecule has 2 aliphatic heterocycles. The van der Waals surface area contributed by atoms with Gasteiger partial charge in [-0.05, 0) is 42.3 Å². The fourth-order valence-corrected chi connectivity index (χ4v) is 3.83. The average Bonchev–Trinajstić information content (AvgIpc) is 3.03. The van der Waals surface area contributed by atoms with Crippen molar-refractivity contribution in [1.29, 1.82) is 0 Å². The Labute approximate surface area is 183 Å². The summed E-state index contributed by atoms with van der Waals surface area (Å²) >= 11 is 0. The number of alkyl halides is 3. The number of hydrogen-bond donors (Lipinski definition) is 1. The Morgan fingerprint density at radius 2 is 1.84 bits per heavy atom. The molecule has 0 bridgehead atoms. The number of ether oxygens (including phenoxy) is 2. The minimum atomic E-state index is -4.51. The van der Waals surface area contributed by atoms with E-state index in [0.29, 0.717) is 49.7 Å². The zero-order valence-corrected chi connectivity index (χ0v) is 17.3. The number of fused-ring (bicyclic) bond motifs is 1. The van der Waals surface area contributed by atoms with Gasteiger partial charge < -0.3 is 19.7 Å². The van der Waals surface area contributed by atoms with Gasteiger partial charge in [-0.15, -0.1) is 0 Å². The minimum Gasteiger partial charge on any atom is -0.490 e. The third kappa shape index (κ3) is 4.98. The molecule has 1 atom stereocenters. The molecule has 170 valence electrons. The zero-order valence-electron chi connectivity index (χ0n) is 17.3. The van der Waals surface area contributed by atoms with E-state index in [1.807, 2.05) is 0 Å². The van der Waals surface area contributed by atoms with Crippen LogP contribution in [0.4, 0.5) is 13.2 Å². The number of carbonyl (C=O) groups excluding carboxylic acids is 2. The van der Waals surface area contributed by atoms with E-state index < -0.39 is 23.7 Å². The van der Waals surface area contributed by atoms with E-state index in [9.17, 15) is 22.8 Å². The van der Waals surface area contributed by atoms with E-state index >= 15 is 0 Å². The molecular weight excluding hydrogens is 425 g/mol. The van der Waals surface area contributed by atoms with Gasteiger partial charge in [-0.3, -0.25) is 9.59 Å². The smallest absolute Gasteiger partial charge is 0.416 e. The number of likely N-dealkylation sites (tertiary alicyclic amines) is 1. The predicted molar refractivity (Wildman–Crippen MR) is 110 cm³/mol. The molecule has 0 saturated carbocycles. The maximum absolute atomic E-state index is 13.2. The van der Waals surface area contributed by atoms with Gasteiger partial charge >= 0.3 is 6.18 Å². The van der Waals surface area contributed by atoms with Gasteiger partial charge in [-0.25, -0.2) is 0 Å². The van der Waals surface area contributed by atoms with Crippen molar-refractivity contribution < 1.29 is 32.2 Å². The summed E-state index contributed by atoms with van der Waals surface area (Å²) in [6, 6.07) is 8.78. The lowest BCUT2D eigenvalue weighted by atomic mass is 10.0. The molecule has 0 unspecified atom stereocenters. The molecule has 1 N–H and O–H groups in total. The molecule has 1 saturated heterocycles. The van der Waals surface area contributed by atoms with E-state index in [1.165, 1.54) is 12.1 Å². The number of benzene rings is 2. The first-order valence-electron chi connectivity index (χ1n) is 10.5. The number of rotatable bonds is 5. The van der Waals surface area contributed by atoms with Crippen LogP contribution >= 0.6 is 0 Å². The number of carbonyl (C=O) groups is 2. The summed E-state index contributed by atoms with van der Waals surface area (Å²) in [5.74, 6) is 0.429. The molecule has 2 aromatic rings. The maximum atomic E-state index is 13.2. The average molecular weight is 448 g/mol. The Hall–Kier alpha value is -3.23. The summed E-state index contributed by atoms with van der Waals surface area (Å²) in [5.41, 5.74) is -0.237. The van der Waals surface area contributed by atoms with Crippen molar-refractivity contribution in [2.45, 2.75) is 31.5 Å². The fraction of sp³-hybridized carbons (Fsp3) is 0.391. The van der Waals surface area contributed by atoms with Crippen LogP contribution in [0.25, 0.3) is 0 Å². The van der Waals surface area contributed by atoms with Crippen LogP contribution in [0.5, 0.6) is 11.5 Å². The highest BCUT2D eigenvalue weighted by molar-refractivity contribution is 5.95. The Balaban J connectivity index is 1.59. The highest BCUT2D eigenvalue weighted by Gasteiger charge is 2.32. The molecule has 2 aliphatic rings. The summed E-state index contributed by atoms with van der Waals surface area (Å²) in [5, 5.41) is 2.80. The number of nitrogens with one attached hydrogen (secondary N) is 1. The van der Waals surface area contributed by atoms with Crippen molar-refractivity contribution in [3.8, 4) is 11.5 Å². The summed E-state index contributed by atoms with van der Waals surface area (Å²) in [6.45, 7) is 1.58. The van der Waals surface area contributed by atoms with Crippen LogP contribution in [-0.2, 0) is 11.0 Å². The molecule has 0 spiro atoms. The number of hydrogen-bond acceptors (Lipinski definition) is 4. The van der Waals surface area contributed by atoms with Crippen LogP contribution in [0, 0.1) is 0 Å². The molecule has 0 radical (unpaired) electrons. The Kier molecular flexibility index (Phi) is 6.25. The standard InChI is InChI=1S/C23H23F3N2O4/c24-23(25,26)17-5-1-4-15(12-17)18(14-28-9-2-6-21(28)29)27-22(30)16-7-8-19-20(13-16)32-11-3-10-31-19/h1,4-5,7-8,12-13,18H,2-3,6,9-11,14H2,(H,27,30)/t18-/m0/s1. The van der Waals surface area contributed by atoms with Crippen LogP contribution in [-0.4, -0.2) is 43.0 Å². The Morgan fingerprint density at radius 1 is 1.06 bits per heavy atom. The Bertz CT molecular complexity index is 1010. The minimum absolute atomic E-state index is 0.0770. The van der Waals surface area contributed by atoms with Crippen LogP contribution in [0.15, 0.2) is 42.5 Å². The molecule has 2 aromatic carbocycles. The molecule has 2 heterocycles. The van der Waals surface area contributed by atoms with Gasteiger partial charge in [0.1, 0.15) is 0 Å². The third-order valence-corrected chi connectivity index (χ3v) is 5.51. The first-order chi connectivity index (χ1) is 15.3. The number of amides is 2.